The molecule has 0 aliphatic carbocycles. The zero-order valence-electron chi connectivity index (χ0n) is 31.8. The number of anilines is 2. The molecule has 0 saturated carbocycles. The third-order valence-corrected chi connectivity index (χ3v) is 11.2. The molecule has 16 nitrogen and oxygen atoms in total. The normalized spacial score (nSPS) is 11.9. The molecule has 6 N–H and O–H groups in total. The number of phenolic OH excluding ortho intramolecular Hbond substituents is 2. The van der Waals surface area contributed by atoms with E-state index in [4.69, 9.17) is 0 Å². The maximum absolute atomic E-state index is 12.4. The number of benzene rings is 7. The second-order valence-corrected chi connectivity index (χ2v) is 16.6. The van der Waals surface area contributed by atoms with Gasteiger partial charge in [0.2, 0.25) is 0 Å². The number of rotatable bonds is 10. The van der Waals surface area contributed by atoms with Crippen LogP contribution in [0.15, 0.2) is 163 Å². The van der Waals surface area contributed by atoms with Crippen LogP contribution in [-0.2, 0) is 30.4 Å². The van der Waals surface area contributed by atoms with E-state index in [9.17, 15) is 49.1 Å². The Morgan fingerprint density at radius 3 is 1.30 bits per heavy atom. The van der Waals surface area contributed by atoms with Crippen molar-refractivity contribution in [3.63, 3.8) is 0 Å². The Bertz CT molecular complexity index is 3140. The first-order valence-corrected chi connectivity index (χ1v) is 20.7. The fraction of sp³-hybridized carbons (Fsp3) is 0. The minimum absolute atomic E-state index is 0. The van der Waals surface area contributed by atoms with Gasteiger partial charge in [-0.15, -0.1) is 10.2 Å². The molecule has 22 heteroatoms. The van der Waals surface area contributed by atoms with Crippen LogP contribution in [-0.4, -0.2) is 138 Å². The molecule has 3 radical (unpaired) electrons. The fourth-order valence-electron chi connectivity index (χ4n) is 5.85. The van der Waals surface area contributed by atoms with Crippen LogP contribution in [0.1, 0.15) is 0 Å². The third kappa shape index (κ3) is 11.1. The van der Waals surface area contributed by atoms with Crippen molar-refractivity contribution in [2.75, 3.05) is 5.32 Å². The Morgan fingerprint density at radius 2 is 0.867 bits per heavy atom. The molecule has 0 unspecified atom stereocenters. The summed E-state index contributed by atoms with van der Waals surface area (Å²) >= 11 is 0. The summed E-state index contributed by atoms with van der Waals surface area (Å²) in [7, 11) is -14.5. The van der Waals surface area contributed by atoms with Crippen molar-refractivity contribution < 1.29 is 49.1 Å². The van der Waals surface area contributed by atoms with E-state index >= 15 is 0 Å². The number of aromatic hydroxyl groups is 2. The van der Waals surface area contributed by atoms with Crippen LogP contribution in [0.25, 0.3) is 32.7 Å². The monoisotopic (exact) mass is 894 g/mol. The van der Waals surface area contributed by atoms with Gasteiger partial charge in [0.15, 0.2) is 11.5 Å². The number of phenols is 2. The average molecular weight is 895 g/mol. The van der Waals surface area contributed by atoms with Gasteiger partial charge in [0.25, 0.3) is 30.4 Å². The molecule has 7 aromatic carbocycles. The van der Waals surface area contributed by atoms with E-state index in [1.54, 1.807) is 54.6 Å². The van der Waals surface area contributed by atoms with E-state index in [1.165, 1.54) is 18.2 Å². The summed E-state index contributed by atoms with van der Waals surface area (Å²) in [6.45, 7) is 0. The molecule has 0 bridgehead atoms. The second kappa shape index (κ2) is 19.6. The van der Waals surface area contributed by atoms with Crippen LogP contribution in [0.2, 0.25) is 0 Å². The molecule has 0 spiro atoms. The zero-order valence-corrected chi connectivity index (χ0v) is 40.3. The van der Waals surface area contributed by atoms with Crippen molar-refractivity contribution in [2.45, 2.75) is 14.7 Å². The minimum Gasteiger partial charge on any atom is -0.505 e. The number of hydrogen-bond donors (Lipinski definition) is 6. The molecular weight excluding hydrogens is 868 g/mol. The van der Waals surface area contributed by atoms with Crippen molar-refractivity contribution in [2.24, 2.45) is 20.5 Å². The number of nitrogens with one attached hydrogen (secondary N) is 1. The first-order chi connectivity index (χ1) is 27.0. The molecule has 0 fully saturated rings. The van der Waals surface area contributed by atoms with Gasteiger partial charge in [0, 0.05) is 111 Å². The second-order valence-electron chi connectivity index (χ2n) is 12.4. The van der Waals surface area contributed by atoms with E-state index in [1.807, 2.05) is 30.3 Å². The summed E-state index contributed by atoms with van der Waals surface area (Å²) in [4.78, 5) is -2.05. The van der Waals surface area contributed by atoms with Crippen molar-refractivity contribution in [1.82, 2.24) is 0 Å². The molecule has 0 amide bonds. The van der Waals surface area contributed by atoms with Gasteiger partial charge in [-0.25, -0.2) is 0 Å². The molecule has 0 heterocycles. The van der Waals surface area contributed by atoms with Gasteiger partial charge < -0.3 is 15.5 Å². The van der Waals surface area contributed by atoms with E-state index in [-0.39, 0.29) is 116 Å². The first kappa shape index (κ1) is 49.0. The van der Waals surface area contributed by atoms with E-state index in [0.29, 0.717) is 22.2 Å². The average Bonchev–Trinajstić information content (AvgIpc) is 3.16. The number of hydrogen-bond acceptors (Lipinski definition) is 13. The minimum atomic E-state index is -4.99. The Balaban J connectivity index is 0.00000265. The summed E-state index contributed by atoms with van der Waals surface area (Å²) < 4.78 is 101. The molecule has 0 saturated heterocycles. The predicted molar refractivity (Wildman–Crippen MR) is 228 cm³/mol. The van der Waals surface area contributed by atoms with Crippen molar-refractivity contribution >= 4 is 175 Å². The summed E-state index contributed by atoms with van der Waals surface area (Å²) in [5.41, 5.74) is 2.25. The van der Waals surface area contributed by atoms with Gasteiger partial charge in [-0.05, 0) is 107 Å². The van der Waals surface area contributed by atoms with E-state index in [2.05, 4.69) is 25.8 Å². The van der Waals surface area contributed by atoms with E-state index in [0.717, 1.165) is 30.0 Å². The smallest absolute Gasteiger partial charge is 0.296 e. The maximum atomic E-state index is 12.4. The van der Waals surface area contributed by atoms with Gasteiger partial charge in [-0.1, -0.05) is 42.5 Å². The Labute approximate surface area is 409 Å². The number of fused-ring (bicyclic) bond motifs is 2. The van der Waals surface area contributed by atoms with Crippen LogP contribution in [0.5, 0.6) is 11.5 Å². The van der Waals surface area contributed by atoms with Crippen LogP contribution in [0.3, 0.4) is 0 Å². The number of azo groups is 2. The van der Waals surface area contributed by atoms with Crippen LogP contribution >= 0.6 is 0 Å². The predicted octanol–water partition coefficient (Wildman–Crippen LogP) is 8.24. The molecule has 60 heavy (non-hydrogen) atoms. The van der Waals surface area contributed by atoms with Crippen LogP contribution in [0, 0.1) is 0 Å². The third-order valence-electron chi connectivity index (χ3n) is 8.59. The molecular formula is C38H27N5Na3O11S3. The van der Waals surface area contributed by atoms with Crippen molar-refractivity contribution in [1.29, 1.82) is 0 Å². The molecule has 7 aromatic rings. The van der Waals surface area contributed by atoms with Gasteiger partial charge >= 0.3 is 0 Å². The first-order valence-electron chi connectivity index (χ1n) is 16.3. The molecule has 0 aliphatic heterocycles. The summed E-state index contributed by atoms with van der Waals surface area (Å²) in [5, 5.41) is 41.5. The summed E-state index contributed by atoms with van der Waals surface area (Å²) in [6, 6.07) is 32.2. The molecule has 7 rings (SSSR count). The van der Waals surface area contributed by atoms with E-state index < -0.39 is 67.9 Å². The fourth-order valence-corrected chi connectivity index (χ4v) is 7.68. The van der Waals surface area contributed by atoms with Crippen molar-refractivity contribution in [3.8, 4) is 22.6 Å². The van der Waals surface area contributed by atoms with Gasteiger partial charge in [-0.2, -0.15) is 35.5 Å². The molecule has 291 valence electrons. The maximum Gasteiger partial charge on any atom is 0.296 e. The standard InChI is InChI=1S/C38H27N5O11S3.3Na/c44-37-31-16-14-29(39-26-4-2-1-3-5-26)18-24(31)20-33(56(49,50)51)35(37)42-40-27-10-6-22(7-11-27)23-8-12-28(13-9-23)41-43-36-34(57(52,53)54)21-25-19-30(55(46,47)48)15-17-32(25)38(36)45;;;/h1-21,39,44-45H,(H,46,47,48)(H,49,50,51)(H,52,53,54);;;. The van der Waals surface area contributed by atoms with Gasteiger partial charge in [0.1, 0.15) is 21.2 Å². The summed E-state index contributed by atoms with van der Waals surface area (Å²) in [5.74, 6) is -1.21. The Morgan fingerprint density at radius 1 is 0.433 bits per heavy atom. The summed E-state index contributed by atoms with van der Waals surface area (Å²) in [6.07, 6.45) is 0. The molecule has 0 atom stereocenters. The molecule has 0 aromatic heterocycles. The van der Waals surface area contributed by atoms with Gasteiger partial charge in [0.05, 0.1) is 16.3 Å². The Hall–Kier alpha value is -3.61. The molecule has 0 aliphatic rings. The van der Waals surface area contributed by atoms with Gasteiger partial charge in [-0.3, -0.25) is 13.7 Å². The SMILES string of the molecule is O=S(=O)(O)c1ccc2c(O)c(N=Nc3ccc(-c4ccc(N=Nc5c(S(=O)(=O)O)cc6cc(Nc7ccccc7)ccc6c5O)cc4)cc3)c(S(=O)(=O)O)cc2c1.[Na].[Na].[Na]. The quantitative estimate of drug-likeness (QED) is 0.0431. The van der Waals surface area contributed by atoms with Crippen molar-refractivity contribution in [3.05, 3.63) is 127 Å². The Kier molecular flexibility index (Phi) is 16.0. The van der Waals surface area contributed by atoms with Crippen LogP contribution in [0.4, 0.5) is 34.1 Å². The zero-order chi connectivity index (χ0) is 40.7. The number of para-hydroxylation sites is 1. The largest absolute Gasteiger partial charge is 0.505 e. The number of nitrogens with zero attached hydrogens (tertiary/aromatic N) is 4. The van der Waals surface area contributed by atoms with Crippen LogP contribution < -0.4 is 5.32 Å². The topological polar surface area (TPSA) is 265 Å².